The highest BCUT2D eigenvalue weighted by atomic mass is 19.1. The first-order valence-corrected chi connectivity index (χ1v) is 5.22. The fourth-order valence-electron chi connectivity index (χ4n) is 1.21. The Labute approximate surface area is 87.2 Å². The Kier molecular flexibility index (Phi) is 5.44. The van der Waals surface area contributed by atoms with Gasteiger partial charge >= 0.3 is 0 Å². The summed E-state index contributed by atoms with van der Waals surface area (Å²) >= 11 is 0. The van der Waals surface area contributed by atoms with Crippen molar-refractivity contribution in [1.82, 2.24) is 0 Å². The second kappa shape index (κ2) is 5.79. The average Bonchev–Trinajstić information content (AvgIpc) is 2.10. The maximum Gasteiger partial charge on any atom is 0.123 e. The zero-order valence-corrected chi connectivity index (χ0v) is 9.89. The van der Waals surface area contributed by atoms with E-state index in [-0.39, 0.29) is 11.2 Å². The molecule has 1 aromatic carbocycles. The van der Waals surface area contributed by atoms with Gasteiger partial charge in [0.2, 0.25) is 0 Å². The number of hydrogen-bond donors (Lipinski definition) is 0. The van der Waals surface area contributed by atoms with Gasteiger partial charge in [0.25, 0.3) is 0 Å². The fraction of sp³-hybridized carbons (Fsp3) is 0.538. The monoisotopic (exact) mass is 196 g/mol. The van der Waals surface area contributed by atoms with Gasteiger partial charge in [-0.15, -0.1) is 0 Å². The van der Waals surface area contributed by atoms with E-state index in [2.05, 4.69) is 20.8 Å². The van der Waals surface area contributed by atoms with Crippen LogP contribution in [0.3, 0.4) is 0 Å². The third-order valence-corrected chi connectivity index (χ3v) is 1.65. The average molecular weight is 196 g/mol. The number of rotatable bonds is 1. The van der Waals surface area contributed by atoms with Crippen LogP contribution in [0.4, 0.5) is 4.39 Å². The Bertz CT molecular complexity index is 241. The molecule has 80 valence electrons. The molecule has 0 fully saturated rings. The molecule has 14 heavy (non-hydrogen) atoms. The first-order valence-electron chi connectivity index (χ1n) is 5.22. The fourth-order valence-corrected chi connectivity index (χ4v) is 1.21. The van der Waals surface area contributed by atoms with Crippen LogP contribution >= 0.6 is 0 Å². The van der Waals surface area contributed by atoms with Crippen LogP contribution in [0.2, 0.25) is 0 Å². The Morgan fingerprint density at radius 3 is 1.79 bits per heavy atom. The molecule has 0 spiro atoms. The number of benzene rings is 1. The van der Waals surface area contributed by atoms with Crippen LogP contribution in [0, 0.1) is 11.2 Å². The van der Waals surface area contributed by atoms with Gasteiger partial charge in [-0.05, 0) is 29.5 Å². The zero-order valence-electron chi connectivity index (χ0n) is 9.89. The molecule has 0 aliphatic rings. The zero-order chi connectivity index (χ0) is 11.2. The summed E-state index contributed by atoms with van der Waals surface area (Å²) in [6.45, 7) is 10.5. The van der Waals surface area contributed by atoms with Gasteiger partial charge < -0.3 is 0 Å². The molecule has 1 rings (SSSR count). The Hall–Kier alpha value is -0.850. The van der Waals surface area contributed by atoms with E-state index < -0.39 is 0 Å². The lowest BCUT2D eigenvalue weighted by Gasteiger charge is -2.17. The highest BCUT2D eigenvalue weighted by Crippen LogP contribution is 2.20. The van der Waals surface area contributed by atoms with E-state index >= 15 is 0 Å². The van der Waals surface area contributed by atoms with Crippen LogP contribution in [0.1, 0.15) is 40.2 Å². The van der Waals surface area contributed by atoms with Gasteiger partial charge in [0.1, 0.15) is 5.82 Å². The van der Waals surface area contributed by atoms with E-state index in [9.17, 15) is 4.39 Å². The van der Waals surface area contributed by atoms with Crippen molar-refractivity contribution in [2.24, 2.45) is 5.41 Å². The van der Waals surface area contributed by atoms with Crippen LogP contribution in [-0.4, -0.2) is 0 Å². The summed E-state index contributed by atoms with van der Waals surface area (Å²) in [4.78, 5) is 0. The maximum absolute atomic E-state index is 12.5. The van der Waals surface area contributed by atoms with Crippen LogP contribution in [-0.2, 0) is 6.42 Å². The van der Waals surface area contributed by atoms with Crippen molar-refractivity contribution in [3.8, 4) is 0 Å². The molecule has 1 aromatic rings. The van der Waals surface area contributed by atoms with E-state index in [0.29, 0.717) is 0 Å². The lowest BCUT2D eigenvalue weighted by Crippen LogP contribution is -2.08. The SMILES string of the molecule is CC.CC(C)(C)Cc1ccc(F)cc1. The molecular formula is C13H21F. The number of hydrogen-bond acceptors (Lipinski definition) is 0. The molecule has 0 unspecified atom stereocenters. The molecule has 1 heteroatoms. The lowest BCUT2D eigenvalue weighted by atomic mass is 9.88. The predicted octanol–water partition coefficient (Wildman–Crippen LogP) is 4.44. The van der Waals surface area contributed by atoms with E-state index in [1.54, 1.807) is 0 Å². The van der Waals surface area contributed by atoms with E-state index in [0.717, 1.165) is 6.42 Å². The summed E-state index contributed by atoms with van der Waals surface area (Å²) in [7, 11) is 0. The lowest BCUT2D eigenvalue weighted by molar-refractivity contribution is 0.411. The molecule has 0 aliphatic heterocycles. The maximum atomic E-state index is 12.5. The molecular weight excluding hydrogens is 175 g/mol. The molecule has 0 saturated heterocycles. The smallest absolute Gasteiger partial charge is 0.123 e. The van der Waals surface area contributed by atoms with Gasteiger partial charge in [-0.25, -0.2) is 4.39 Å². The highest BCUT2D eigenvalue weighted by molar-refractivity contribution is 5.17. The normalized spacial score (nSPS) is 10.4. The van der Waals surface area contributed by atoms with Gasteiger partial charge in [-0.1, -0.05) is 46.8 Å². The molecule has 0 aromatic heterocycles. The van der Waals surface area contributed by atoms with Crippen molar-refractivity contribution in [3.63, 3.8) is 0 Å². The summed E-state index contributed by atoms with van der Waals surface area (Å²) in [6.07, 6.45) is 0.993. The highest BCUT2D eigenvalue weighted by Gasteiger charge is 2.10. The first-order chi connectivity index (χ1) is 6.47. The van der Waals surface area contributed by atoms with Gasteiger partial charge in [-0.3, -0.25) is 0 Å². The van der Waals surface area contributed by atoms with Crippen LogP contribution in [0.25, 0.3) is 0 Å². The van der Waals surface area contributed by atoms with Crippen LogP contribution < -0.4 is 0 Å². The molecule has 0 bridgehead atoms. The van der Waals surface area contributed by atoms with E-state index in [1.165, 1.54) is 17.7 Å². The number of halogens is 1. The van der Waals surface area contributed by atoms with Crippen LogP contribution in [0.5, 0.6) is 0 Å². The van der Waals surface area contributed by atoms with Crippen LogP contribution in [0.15, 0.2) is 24.3 Å². The quantitative estimate of drug-likeness (QED) is 0.623. The summed E-state index contributed by atoms with van der Waals surface area (Å²) in [5, 5.41) is 0. The Morgan fingerprint density at radius 2 is 1.43 bits per heavy atom. The third kappa shape index (κ3) is 5.74. The van der Waals surface area contributed by atoms with Crippen molar-refractivity contribution in [2.75, 3.05) is 0 Å². The van der Waals surface area contributed by atoms with Gasteiger partial charge in [0.15, 0.2) is 0 Å². The molecule has 0 saturated carbocycles. The molecule has 0 radical (unpaired) electrons. The standard InChI is InChI=1S/C11H15F.C2H6/c1-11(2,3)8-9-4-6-10(12)7-5-9;1-2/h4-7H,8H2,1-3H3;1-2H3. The molecule has 0 amide bonds. The minimum atomic E-state index is -0.160. The molecule has 0 heterocycles. The van der Waals surface area contributed by atoms with Crippen molar-refractivity contribution >= 4 is 0 Å². The van der Waals surface area contributed by atoms with Crippen molar-refractivity contribution in [1.29, 1.82) is 0 Å². The summed E-state index contributed by atoms with van der Waals surface area (Å²) in [6, 6.07) is 6.73. The van der Waals surface area contributed by atoms with Crippen molar-refractivity contribution < 1.29 is 4.39 Å². The van der Waals surface area contributed by atoms with E-state index in [1.807, 2.05) is 26.0 Å². The summed E-state index contributed by atoms with van der Waals surface area (Å²) in [5.74, 6) is -0.160. The summed E-state index contributed by atoms with van der Waals surface area (Å²) in [5.41, 5.74) is 1.47. The first kappa shape index (κ1) is 13.2. The van der Waals surface area contributed by atoms with Crippen molar-refractivity contribution in [2.45, 2.75) is 41.0 Å². The molecule has 0 N–H and O–H groups in total. The topological polar surface area (TPSA) is 0 Å². The summed E-state index contributed by atoms with van der Waals surface area (Å²) < 4.78 is 12.5. The molecule has 0 atom stereocenters. The van der Waals surface area contributed by atoms with Gasteiger partial charge in [0, 0.05) is 0 Å². The van der Waals surface area contributed by atoms with Gasteiger partial charge in [-0.2, -0.15) is 0 Å². The molecule has 0 aliphatic carbocycles. The largest absolute Gasteiger partial charge is 0.207 e. The second-order valence-corrected chi connectivity index (χ2v) is 4.36. The Balaban J connectivity index is 0.000000791. The molecule has 0 nitrogen and oxygen atoms in total. The Morgan fingerprint density at radius 1 is 1.00 bits per heavy atom. The van der Waals surface area contributed by atoms with E-state index in [4.69, 9.17) is 0 Å². The predicted molar refractivity (Wildman–Crippen MR) is 60.9 cm³/mol. The minimum absolute atomic E-state index is 0.160. The third-order valence-electron chi connectivity index (χ3n) is 1.65. The second-order valence-electron chi connectivity index (χ2n) is 4.36. The minimum Gasteiger partial charge on any atom is -0.207 e. The van der Waals surface area contributed by atoms with Gasteiger partial charge in [0.05, 0.1) is 0 Å². The van der Waals surface area contributed by atoms with Crippen molar-refractivity contribution in [3.05, 3.63) is 35.6 Å².